The molecule has 10 heteroatoms. The summed E-state index contributed by atoms with van der Waals surface area (Å²) in [6, 6.07) is 7.94. The summed E-state index contributed by atoms with van der Waals surface area (Å²) in [6.07, 6.45) is -9.15. The molecule has 3 nitrogen and oxygen atoms in total. The molecule has 0 bridgehead atoms. The average Bonchev–Trinajstić information content (AvgIpc) is 2.91. The number of fused-ring (bicyclic) bond motifs is 3. The van der Waals surface area contributed by atoms with E-state index >= 15 is 0 Å². The molecule has 0 spiro atoms. The number of hydrogen-bond donors (Lipinski definition) is 1. The Kier molecular flexibility index (Phi) is 4.84. The van der Waals surface area contributed by atoms with Crippen LogP contribution in [-0.2, 0) is 12.7 Å². The maximum Gasteiger partial charge on any atom is 0.416 e. The summed E-state index contributed by atoms with van der Waals surface area (Å²) in [7, 11) is 0. The standard InChI is InChI=1S/C21H13ClF6N2O/c1-10-17-15(7-6-14-18(17)13(22)8-16(31)29-14)30(9-20(23,24)25)19(10)11-2-4-12(5-3-11)21(26,27)28/h2-8H,9H2,1H3,(H,29,31). The number of H-pyrrole nitrogens is 1. The fraction of sp³-hybridized carbons (Fsp3) is 0.190. The van der Waals surface area contributed by atoms with Crippen molar-refractivity contribution in [2.24, 2.45) is 0 Å². The van der Waals surface area contributed by atoms with Crippen LogP contribution in [0.5, 0.6) is 0 Å². The molecule has 31 heavy (non-hydrogen) atoms. The van der Waals surface area contributed by atoms with Gasteiger partial charge in [-0.05, 0) is 42.3 Å². The lowest BCUT2D eigenvalue weighted by atomic mass is 10.0. The van der Waals surface area contributed by atoms with Crippen LogP contribution in [0, 0.1) is 6.92 Å². The van der Waals surface area contributed by atoms with Crippen molar-refractivity contribution in [3.8, 4) is 11.3 Å². The number of alkyl halides is 6. The molecule has 2 heterocycles. The summed E-state index contributed by atoms with van der Waals surface area (Å²) >= 11 is 6.25. The number of halogens is 7. The number of rotatable bonds is 2. The van der Waals surface area contributed by atoms with Crippen LogP contribution in [0.2, 0.25) is 5.02 Å². The highest BCUT2D eigenvalue weighted by atomic mass is 35.5. The number of nitrogens with zero attached hydrogens (tertiary/aromatic N) is 1. The second-order valence-corrected chi connectivity index (χ2v) is 7.52. The van der Waals surface area contributed by atoms with Gasteiger partial charge in [0.2, 0.25) is 5.56 Å². The first kappa shape index (κ1) is 21.3. The molecular formula is C21H13ClF6N2O. The number of hydrogen-bond acceptors (Lipinski definition) is 1. The normalized spacial score (nSPS) is 12.8. The van der Waals surface area contributed by atoms with Crippen LogP contribution >= 0.6 is 11.6 Å². The molecule has 0 aliphatic rings. The first-order chi connectivity index (χ1) is 14.4. The summed E-state index contributed by atoms with van der Waals surface area (Å²) in [5.41, 5.74) is -0.109. The quantitative estimate of drug-likeness (QED) is 0.334. The molecule has 0 aliphatic carbocycles. The summed E-state index contributed by atoms with van der Waals surface area (Å²) in [5, 5.41) is 0.818. The van der Waals surface area contributed by atoms with Crippen LogP contribution < -0.4 is 5.56 Å². The van der Waals surface area contributed by atoms with Gasteiger partial charge < -0.3 is 9.55 Å². The Labute approximate surface area is 175 Å². The molecule has 162 valence electrons. The van der Waals surface area contributed by atoms with Gasteiger partial charge in [-0.1, -0.05) is 23.7 Å². The van der Waals surface area contributed by atoms with Gasteiger partial charge in [0.15, 0.2) is 0 Å². The van der Waals surface area contributed by atoms with Crippen molar-refractivity contribution < 1.29 is 26.3 Å². The fourth-order valence-electron chi connectivity index (χ4n) is 3.88. The van der Waals surface area contributed by atoms with Gasteiger partial charge in [-0.2, -0.15) is 26.3 Å². The Balaban J connectivity index is 2.08. The molecule has 2 aromatic heterocycles. The van der Waals surface area contributed by atoms with Crippen molar-refractivity contribution in [3.63, 3.8) is 0 Å². The van der Waals surface area contributed by atoms with Gasteiger partial charge in [-0.3, -0.25) is 4.79 Å². The molecule has 0 aliphatic heterocycles. The van der Waals surface area contributed by atoms with Crippen LogP contribution in [0.15, 0.2) is 47.3 Å². The number of aromatic nitrogens is 2. The Hall–Kier alpha value is -2.94. The van der Waals surface area contributed by atoms with Crippen molar-refractivity contribution in [2.45, 2.75) is 25.8 Å². The van der Waals surface area contributed by atoms with Gasteiger partial charge in [0, 0.05) is 22.4 Å². The first-order valence-corrected chi connectivity index (χ1v) is 9.33. The van der Waals surface area contributed by atoms with Crippen molar-refractivity contribution in [1.82, 2.24) is 9.55 Å². The predicted octanol–water partition coefficient (Wildman–Crippen LogP) is 6.69. The third kappa shape index (κ3) is 3.78. The molecular weight excluding hydrogens is 446 g/mol. The number of nitrogens with one attached hydrogen (secondary N) is 1. The van der Waals surface area contributed by atoms with E-state index in [1.165, 1.54) is 12.1 Å². The highest BCUT2D eigenvalue weighted by molar-refractivity contribution is 6.37. The van der Waals surface area contributed by atoms with E-state index in [4.69, 9.17) is 11.6 Å². The van der Waals surface area contributed by atoms with Crippen LogP contribution in [0.25, 0.3) is 33.1 Å². The third-order valence-electron chi connectivity index (χ3n) is 5.05. The number of pyridine rings is 1. The molecule has 0 unspecified atom stereocenters. The average molecular weight is 459 g/mol. The molecule has 4 aromatic rings. The summed E-state index contributed by atoms with van der Waals surface area (Å²) in [4.78, 5) is 14.3. The molecule has 0 atom stereocenters. The topological polar surface area (TPSA) is 37.8 Å². The minimum Gasteiger partial charge on any atom is -0.331 e. The van der Waals surface area contributed by atoms with Gasteiger partial charge in [-0.25, -0.2) is 0 Å². The van der Waals surface area contributed by atoms with E-state index in [0.29, 0.717) is 21.9 Å². The first-order valence-electron chi connectivity index (χ1n) is 8.95. The van der Waals surface area contributed by atoms with Crippen molar-refractivity contribution >= 4 is 33.4 Å². The third-order valence-corrected chi connectivity index (χ3v) is 5.35. The maximum absolute atomic E-state index is 13.4. The van der Waals surface area contributed by atoms with Crippen molar-refractivity contribution in [1.29, 1.82) is 0 Å². The lowest BCUT2D eigenvalue weighted by molar-refractivity contribution is -0.139. The van der Waals surface area contributed by atoms with Crippen LogP contribution in [0.3, 0.4) is 0 Å². The van der Waals surface area contributed by atoms with Gasteiger partial charge in [0.1, 0.15) is 6.54 Å². The van der Waals surface area contributed by atoms with Gasteiger partial charge in [0.05, 0.1) is 21.8 Å². The van der Waals surface area contributed by atoms with Crippen molar-refractivity contribution in [3.05, 3.63) is 69.0 Å². The highest BCUT2D eigenvalue weighted by Crippen LogP contribution is 2.41. The molecule has 0 saturated carbocycles. The zero-order chi connectivity index (χ0) is 22.7. The monoisotopic (exact) mass is 458 g/mol. The second kappa shape index (κ2) is 7.05. The van der Waals surface area contributed by atoms with E-state index in [1.807, 2.05) is 0 Å². The van der Waals surface area contributed by atoms with E-state index in [1.54, 1.807) is 6.92 Å². The van der Waals surface area contributed by atoms with Crippen molar-refractivity contribution in [2.75, 3.05) is 0 Å². The van der Waals surface area contributed by atoms with E-state index in [0.717, 1.165) is 34.9 Å². The second-order valence-electron chi connectivity index (χ2n) is 7.11. The van der Waals surface area contributed by atoms with E-state index < -0.39 is 30.0 Å². The number of benzene rings is 2. The van der Waals surface area contributed by atoms with E-state index in [2.05, 4.69) is 4.98 Å². The molecule has 2 aromatic carbocycles. The molecule has 0 fully saturated rings. The summed E-state index contributed by atoms with van der Waals surface area (Å²) < 4.78 is 80.0. The fourth-order valence-corrected chi connectivity index (χ4v) is 4.17. The molecule has 1 N–H and O–H groups in total. The lowest BCUT2D eigenvalue weighted by Gasteiger charge is -2.15. The van der Waals surface area contributed by atoms with Gasteiger partial charge >= 0.3 is 12.4 Å². The zero-order valence-corrected chi connectivity index (χ0v) is 16.5. The predicted molar refractivity (Wildman–Crippen MR) is 106 cm³/mol. The largest absolute Gasteiger partial charge is 0.416 e. The Morgan fingerprint density at radius 3 is 2.19 bits per heavy atom. The SMILES string of the molecule is Cc1c(-c2ccc(C(F)(F)F)cc2)n(CC(F)(F)F)c2ccc3[nH]c(=O)cc(Cl)c3c12. The molecule has 4 rings (SSSR count). The zero-order valence-electron chi connectivity index (χ0n) is 15.7. The Morgan fingerprint density at radius 1 is 0.968 bits per heavy atom. The van der Waals surface area contributed by atoms with E-state index in [9.17, 15) is 31.1 Å². The van der Waals surface area contributed by atoms with E-state index in [-0.39, 0.29) is 21.8 Å². The van der Waals surface area contributed by atoms with Gasteiger partial charge in [-0.15, -0.1) is 0 Å². The van der Waals surface area contributed by atoms with Crippen LogP contribution in [0.4, 0.5) is 26.3 Å². The lowest BCUT2D eigenvalue weighted by Crippen LogP contribution is -2.18. The maximum atomic E-state index is 13.4. The summed E-state index contributed by atoms with van der Waals surface area (Å²) in [5.74, 6) is 0. The minimum atomic E-state index is -4.58. The number of aryl methyl sites for hydroxylation is 1. The minimum absolute atomic E-state index is 0.0654. The van der Waals surface area contributed by atoms with Crippen LogP contribution in [-0.4, -0.2) is 15.7 Å². The summed E-state index contributed by atoms with van der Waals surface area (Å²) in [6.45, 7) is 0.225. The highest BCUT2D eigenvalue weighted by Gasteiger charge is 2.33. The van der Waals surface area contributed by atoms with Gasteiger partial charge in [0.25, 0.3) is 0 Å². The number of aromatic amines is 1. The molecule has 0 radical (unpaired) electrons. The smallest absolute Gasteiger partial charge is 0.331 e. The van der Waals surface area contributed by atoms with Crippen LogP contribution in [0.1, 0.15) is 11.1 Å². The molecule has 0 amide bonds. The Morgan fingerprint density at radius 2 is 1.61 bits per heavy atom. The molecule has 0 saturated heterocycles. The Bertz CT molecular complexity index is 1360.